The summed E-state index contributed by atoms with van der Waals surface area (Å²) in [6.45, 7) is 3.96. The van der Waals surface area contributed by atoms with Gasteiger partial charge in [0.25, 0.3) is 0 Å². The highest BCUT2D eigenvalue weighted by molar-refractivity contribution is 5.88. The minimum absolute atomic E-state index is 0.0679. The molecule has 1 rings (SSSR count). The van der Waals surface area contributed by atoms with Gasteiger partial charge < -0.3 is 9.47 Å². The number of esters is 1. The molecule has 0 saturated carbocycles. The molecule has 0 amide bonds. The van der Waals surface area contributed by atoms with Crippen molar-refractivity contribution in [1.29, 1.82) is 0 Å². The van der Waals surface area contributed by atoms with Gasteiger partial charge in [0, 0.05) is 0 Å². The van der Waals surface area contributed by atoms with Crippen LogP contribution in [0.15, 0.2) is 0 Å². The van der Waals surface area contributed by atoms with Crippen molar-refractivity contribution in [2.24, 2.45) is 5.92 Å². The molecule has 0 aromatic heterocycles. The molecule has 2 unspecified atom stereocenters. The summed E-state index contributed by atoms with van der Waals surface area (Å²) in [6, 6.07) is 0. The Bertz CT molecular complexity index is 212. The highest BCUT2D eigenvalue weighted by Gasteiger charge is 2.29. The summed E-state index contributed by atoms with van der Waals surface area (Å²) in [6.07, 6.45) is 0.0575. The maximum Gasteiger partial charge on any atom is 0.309 e. The summed E-state index contributed by atoms with van der Waals surface area (Å²) in [5.41, 5.74) is 0. The molecule has 1 saturated heterocycles. The molecule has 0 aromatic carbocycles. The van der Waals surface area contributed by atoms with Crippen LogP contribution in [0.4, 0.5) is 0 Å². The number of rotatable bonds is 3. The first-order valence-electron chi connectivity index (χ1n) is 4.46. The molecular weight excluding hydrogens is 172 g/mol. The molecule has 4 nitrogen and oxygen atoms in total. The van der Waals surface area contributed by atoms with Crippen LogP contribution in [0, 0.1) is 5.92 Å². The Hall–Kier alpha value is -0.900. The van der Waals surface area contributed by atoms with Crippen molar-refractivity contribution in [1.82, 2.24) is 0 Å². The Labute approximate surface area is 77.2 Å². The van der Waals surface area contributed by atoms with Crippen LogP contribution in [-0.2, 0) is 19.1 Å². The van der Waals surface area contributed by atoms with Gasteiger partial charge in [0.2, 0.25) is 5.78 Å². The van der Waals surface area contributed by atoms with Crippen LogP contribution in [0.2, 0.25) is 0 Å². The Balaban J connectivity index is 2.39. The van der Waals surface area contributed by atoms with Crippen molar-refractivity contribution in [3.05, 3.63) is 0 Å². The molecule has 1 aliphatic heterocycles. The smallest absolute Gasteiger partial charge is 0.309 e. The quantitative estimate of drug-likeness (QED) is 0.604. The van der Waals surface area contributed by atoms with E-state index < -0.39 is 6.10 Å². The Morgan fingerprint density at radius 3 is 2.92 bits per heavy atom. The van der Waals surface area contributed by atoms with E-state index in [1.54, 1.807) is 6.92 Å². The van der Waals surface area contributed by atoms with Gasteiger partial charge in [-0.25, -0.2) is 0 Å². The van der Waals surface area contributed by atoms with Gasteiger partial charge in [0.15, 0.2) is 6.10 Å². The topological polar surface area (TPSA) is 52.6 Å². The summed E-state index contributed by atoms with van der Waals surface area (Å²) in [5, 5.41) is 0. The zero-order valence-corrected chi connectivity index (χ0v) is 7.91. The van der Waals surface area contributed by atoms with E-state index in [9.17, 15) is 9.59 Å². The number of ketones is 1. The lowest BCUT2D eigenvalue weighted by atomic mass is 10.1. The van der Waals surface area contributed by atoms with Gasteiger partial charge in [-0.05, 0) is 6.42 Å². The van der Waals surface area contributed by atoms with Crippen LogP contribution in [0.3, 0.4) is 0 Å². The number of hydrogen-bond donors (Lipinski definition) is 0. The summed E-state index contributed by atoms with van der Waals surface area (Å²) in [5.74, 6) is -0.601. The molecule has 0 radical (unpaired) electrons. The van der Waals surface area contributed by atoms with Crippen LogP contribution < -0.4 is 0 Å². The maximum absolute atomic E-state index is 11.2. The van der Waals surface area contributed by atoms with E-state index in [2.05, 4.69) is 0 Å². The van der Waals surface area contributed by atoms with Crippen LogP contribution >= 0.6 is 0 Å². The van der Waals surface area contributed by atoms with E-state index in [4.69, 9.17) is 9.47 Å². The number of carbonyl (C=O) groups excluding carboxylic acids is 2. The Morgan fingerprint density at radius 2 is 2.46 bits per heavy atom. The van der Waals surface area contributed by atoms with Crippen LogP contribution in [-0.4, -0.2) is 31.1 Å². The molecular formula is C9H14O4. The van der Waals surface area contributed by atoms with Gasteiger partial charge in [0.05, 0.1) is 12.5 Å². The number of carbonyl (C=O) groups is 2. The molecule has 1 aliphatic rings. The average molecular weight is 186 g/mol. The summed E-state index contributed by atoms with van der Waals surface area (Å²) in [7, 11) is 0. The van der Waals surface area contributed by atoms with Gasteiger partial charge >= 0.3 is 5.97 Å². The lowest BCUT2D eigenvalue weighted by molar-refractivity contribution is -0.156. The fourth-order valence-corrected chi connectivity index (χ4v) is 0.975. The van der Waals surface area contributed by atoms with Gasteiger partial charge in [-0.15, -0.1) is 0 Å². The van der Waals surface area contributed by atoms with E-state index in [-0.39, 0.29) is 30.9 Å². The van der Waals surface area contributed by atoms with E-state index >= 15 is 0 Å². The normalized spacial score (nSPS) is 24.5. The van der Waals surface area contributed by atoms with Gasteiger partial charge in [0.1, 0.15) is 6.61 Å². The minimum atomic E-state index is -0.665. The Kier molecular flexibility index (Phi) is 3.42. The molecule has 0 N–H and O–H groups in total. The first-order valence-corrected chi connectivity index (χ1v) is 4.46. The third kappa shape index (κ3) is 2.52. The zero-order chi connectivity index (χ0) is 9.84. The maximum atomic E-state index is 11.2. The van der Waals surface area contributed by atoms with E-state index in [0.717, 1.165) is 6.42 Å². The Morgan fingerprint density at radius 1 is 1.77 bits per heavy atom. The fourth-order valence-electron chi connectivity index (χ4n) is 0.975. The second-order valence-corrected chi connectivity index (χ2v) is 3.22. The molecule has 1 heterocycles. The lowest BCUT2D eigenvalue weighted by Crippen LogP contribution is -2.28. The van der Waals surface area contributed by atoms with Crippen LogP contribution in [0.5, 0.6) is 0 Å². The molecule has 0 aliphatic carbocycles. The van der Waals surface area contributed by atoms with Crippen molar-refractivity contribution < 1.29 is 19.1 Å². The second-order valence-electron chi connectivity index (χ2n) is 3.22. The second kappa shape index (κ2) is 4.37. The van der Waals surface area contributed by atoms with Crippen molar-refractivity contribution in [2.75, 3.05) is 13.2 Å². The monoisotopic (exact) mass is 186 g/mol. The molecule has 0 aromatic rings. The standard InChI is InChI=1S/C9H14O4/c1-3-6(2)9(11)13-8-5-12-4-7(8)10/h6,8H,3-5H2,1-2H3. The molecule has 0 spiro atoms. The third-order valence-electron chi connectivity index (χ3n) is 2.15. The summed E-state index contributed by atoms with van der Waals surface area (Å²) < 4.78 is 9.82. The molecule has 13 heavy (non-hydrogen) atoms. The predicted octanol–water partition coefficient (Wildman–Crippen LogP) is 0.544. The van der Waals surface area contributed by atoms with Crippen molar-refractivity contribution in [3.8, 4) is 0 Å². The average Bonchev–Trinajstić information content (AvgIpc) is 2.50. The fraction of sp³-hybridized carbons (Fsp3) is 0.778. The predicted molar refractivity (Wildman–Crippen MR) is 45.2 cm³/mol. The molecule has 74 valence electrons. The largest absolute Gasteiger partial charge is 0.452 e. The number of hydrogen-bond acceptors (Lipinski definition) is 4. The number of ether oxygens (including phenoxy) is 2. The van der Waals surface area contributed by atoms with Gasteiger partial charge in [-0.2, -0.15) is 0 Å². The zero-order valence-electron chi connectivity index (χ0n) is 7.91. The van der Waals surface area contributed by atoms with Crippen LogP contribution in [0.1, 0.15) is 20.3 Å². The molecule has 0 bridgehead atoms. The highest BCUT2D eigenvalue weighted by Crippen LogP contribution is 2.10. The van der Waals surface area contributed by atoms with E-state index in [1.807, 2.05) is 6.92 Å². The van der Waals surface area contributed by atoms with Crippen molar-refractivity contribution >= 4 is 11.8 Å². The van der Waals surface area contributed by atoms with E-state index in [0.29, 0.717) is 0 Å². The summed E-state index contributed by atoms with van der Waals surface area (Å²) >= 11 is 0. The number of Topliss-reactive ketones (excluding diaryl/α,β-unsaturated/α-hetero) is 1. The third-order valence-corrected chi connectivity index (χ3v) is 2.15. The van der Waals surface area contributed by atoms with E-state index in [1.165, 1.54) is 0 Å². The molecule has 2 atom stereocenters. The summed E-state index contributed by atoms with van der Waals surface area (Å²) in [4.78, 5) is 22.3. The van der Waals surface area contributed by atoms with Gasteiger partial charge in [-0.1, -0.05) is 13.8 Å². The van der Waals surface area contributed by atoms with Crippen molar-refractivity contribution in [2.45, 2.75) is 26.4 Å². The van der Waals surface area contributed by atoms with Crippen molar-refractivity contribution in [3.63, 3.8) is 0 Å². The van der Waals surface area contributed by atoms with Gasteiger partial charge in [-0.3, -0.25) is 9.59 Å². The van der Waals surface area contributed by atoms with Crippen LogP contribution in [0.25, 0.3) is 0 Å². The SMILES string of the molecule is CCC(C)C(=O)OC1COCC1=O. The first kappa shape index (κ1) is 10.2. The lowest BCUT2D eigenvalue weighted by Gasteiger charge is -2.12. The minimum Gasteiger partial charge on any atom is -0.452 e. The first-order chi connectivity index (χ1) is 6.15. The highest BCUT2D eigenvalue weighted by atomic mass is 16.6. The molecule has 4 heteroatoms. The molecule has 1 fully saturated rings.